The molecule has 7 heteroatoms. The highest BCUT2D eigenvalue weighted by Crippen LogP contribution is 2.28. The van der Waals surface area contributed by atoms with Gasteiger partial charge in [0.2, 0.25) is 10.0 Å². The molecule has 2 rings (SSSR count). The van der Waals surface area contributed by atoms with E-state index in [0.29, 0.717) is 26.0 Å². The molecule has 0 aromatic carbocycles. The highest BCUT2D eigenvalue weighted by molar-refractivity contribution is 7.89. The fourth-order valence-corrected chi connectivity index (χ4v) is 4.30. The van der Waals surface area contributed by atoms with Crippen LogP contribution in [0.1, 0.15) is 38.5 Å². The number of hydrogen-bond donors (Lipinski definition) is 2. The van der Waals surface area contributed by atoms with E-state index in [1.807, 2.05) is 0 Å². The zero-order valence-corrected chi connectivity index (χ0v) is 12.4. The zero-order chi connectivity index (χ0) is 14.6. The normalized spacial score (nSPS) is 31.3. The van der Waals surface area contributed by atoms with Gasteiger partial charge in [-0.1, -0.05) is 0 Å². The first-order valence-corrected chi connectivity index (χ1v) is 8.93. The Bertz CT molecular complexity index is 422. The van der Waals surface area contributed by atoms with E-state index in [1.54, 1.807) is 0 Å². The summed E-state index contributed by atoms with van der Waals surface area (Å²) in [5, 5.41) is 8.92. The molecule has 0 radical (unpaired) electrons. The fourth-order valence-electron chi connectivity index (χ4n) is 2.94. The van der Waals surface area contributed by atoms with Gasteiger partial charge in [-0.25, -0.2) is 13.1 Å². The van der Waals surface area contributed by atoms with Crippen LogP contribution in [0.4, 0.5) is 0 Å². The molecule has 116 valence electrons. The van der Waals surface area contributed by atoms with Crippen molar-refractivity contribution in [1.82, 2.24) is 4.72 Å². The Morgan fingerprint density at radius 3 is 2.45 bits per heavy atom. The van der Waals surface area contributed by atoms with Gasteiger partial charge in [0.05, 0.1) is 17.8 Å². The minimum atomic E-state index is -3.29. The van der Waals surface area contributed by atoms with Crippen LogP contribution in [-0.2, 0) is 19.6 Å². The van der Waals surface area contributed by atoms with Gasteiger partial charge in [-0.05, 0) is 44.4 Å². The van der Waals surface area contributed by atoms with Crippen LogP contribution < -0.4 is 4.72 Å². The Balaban J connectivity index is 1.70. The molecular weight excluding hydrogens is 282 g/mol. The van der Waals surface area contributed by atoms with Gasteiger partial charge in [0, 0.05) is 13.2 Å². The summed E-state index contributed by atoms with van der Waals surface area (Å²) in [5.74, 6) is -0.695. The van der Waals surface area contributed by atoms with Crippen molar-refractivity contribution in [1.29, 1.82) is 0 Å². The number of carboxylic acid groups (broad SMARTS) is 1. The Hall–Kier alpha value is -0.660. The average Bonchev–Trinajstić information content (AvgIpc) is 2.89. The van der Waals surface area contributed by atoms with Gasteiger partial charge in [-0.15, -0.1) is 0 Å². The number of rotatable bonds is 6. The lowest BCUT2D eigenvalue weighted by atomic mass is 9.82. The van der Waals surface area contributed by atoms with E-state index < -0.39 is 16.0 Å². The van der Waals surface area contributed by atoms with E-state index >= 15 is 0 Å². The molecule has 1 aliphatic carbocycles. The number of ether oxygens (including phenoxy) is 1. The smallest absolute Gasteiger partial charge is 0.306 e. The summed E-state index contributed by atoms with van der Waals surface area (Å²) in [6.45, 7) is 1.07. The first kappa shape index (κ1) is 15.7. The second-order valence-electron chi connectivity index (χ2n) is 5.82. The van der Waals surface area contributed by atoms with Crippen molar-refractivity contribution >= 4 is 16.0 Å². The van der Waals surface area contributed by atoms with Crippen molar-refractivity contribution in [3.05, 3.63) is 0 Å². The Labute approximate surface area is 119 Å². The molecule has 1 atom stereocenters. The molecular formula is C13H23NO5S. The highest BCUT2D eigenvalue weighted by atomic mass is 32.2. The van der Waals surface area contributed by atoms with E-state index in [1.165, 1.54) is 0 Å². The SMILES string of the molecule is O=C(O)C1CCC(CNS(=O)(=O)CC2CCCO2)CC1. The predicted molar refractivity (Wildman–Crippen MR) is 73.8 cm³/mol. The van der Waals surface area contributed by atoms with E-state index in [-0.39, 0.29) is 23.7 Å². The summed E-state index contributed by atoms with van der Waals surface area (Å²) >= 11 is 0. The summed E-state index contributed by atoms with van der Waals surface area (Å²) in [6, 6.07) is 0. The van der Waals surface area contributed by atoms with Crippen molar-refractivity contribution in [3.63, 3.8) is 0 Å². The Morgan fingerprint density at radius 2 is 1.90 bits per heavy atom. The standard InChI is InChI=1S/C13H23NO5S/c15-13(16)11-5-3-10(4-6-11)8-14-20(17,18)9-12-2-1-7-19-12/h10-12,14H,1-9H2,(H,15,16). The molecule has 0 bridgehead atoms. The minimum absolute atomic E-state index is 0.0392. The third-order valence-electron chi connectivity index (χ3n) is 4.22. The Kier molecular flexibility index (Phi) is 5.40. The number of sulfonamides is 1. The molecule has 20 heavy (non-hydrogen) atoms. The lowest BCUT2D eigenvalue weighted by Gasteiger charge is -2.26. The van der Waals surface area contributed by atoms with E-state index in [0.717, 1.165) is 25.7 Å². The van der Waals surface area contributed by atoms with Gasteiger partial charge in [0.15, 0.2) is 0 Å². The fraction of sp³-hybridized carbons (Fsp3) is 0.923. The van der Waals surface area contributed by atoms with Crippen molar-refractivity contribution in [3.8, 4) is 0 Å². The molecule has 0 aromatic heterocycles. The van der Waals surface area contributed by atoms with Gasteiger partial charge in [-0.2, -0.15) is 0 Å². The monoisotopic (exact) mass is 305 g/mol. The van der Waals surface area contributed by atoms with Crippen LogP contribution in [0.2, 0.25) is 0 Å². The predicted octanol–water partition coefficient (Wildman–Crippen LogP) is 0.976. The summed E-state index contributed by atoms with van der Waals surface area (Å²) in [7, 11) is -3.29. The zero-order valence-electron chi connectivity index (χ0n) is 11.6. The van der Waals surface area contributed by atoms with Crippen LogP contribution in [0.5, 0.6) is 0 Å². The number of carboxylic acids is 1. The number of aliphatic carboxylic acids is 1. The van der Waals surface area contributed by atoms with Gasteiger partial charge < -0.3 is 9.84 Å². The third kappa shape index (κ3) is 4.71. The molecule has 1 heterocycles. The Morgan fingerprint density at radius 1 is 1.20 bits per heavy atom. The van der Waals surface area contributed by atoms with Crippen molar-refractivity contribution in [2.24, 2.45) is 11.8 Å². The van der Waals surface area contributed by atoms with Gasteiger partial charge in [0.1, 0.15) is 0 Å². The second kappa shape index (κ2) is 6.87. The third-order valence-corrected chi connectivity index (χ3v) is 5.63. The second-order valence-corrected chi connectivity index (χ2v) is 7.67. The van der Waals surface area contributed by atoms with Crippen LogP contribution in [0.15, 0.2) is 0 Å². The van der Waals surface area contributed by atoms with Gasteiger partial charge in [-0.3, -0.25) is 4.79 Å². The topological polar surface area (TPSA) is 92.7 Å². The van der Waals surface area contributed by atoms with Gasteiger partial charge >= 0.3 is 5.97 Å². The van der Waals surface area contributed by atoms with Crippen LogP contribution in [0.3, 0.4) is 0 Å². The molecule has 0 aromatic rings. The van der Waals surface area contributed by atoms with Crippen LogP contribution in [-0.4, -0.2) is 44.5 Å². The molecule has 0 amide bonds. The lowest BCUT2D eigenvalue weighted by molar-refractivity contribution is -0.143. The maximum atomic E-state index is 11.9. The quantitative estimate of drug-likeness (QED) is 0.763. The summed E-state index contributed by atoms with van der Waals surface area (Å²) in [5.41, 5.74) is 0. The van der Waals surface area contributed by atoms with Crippen molar-refractivity contribution in [2.45, 2.75) is 44.6 Å². The highest BCUT2D eigenvalue weighted by Gasteiger charge is 2.28. The van der Waals surface area contributed by atoms with Crippen LogP contribution >= 0.6 is 0 Å². The van der Waals surface area contributed by atoms with Gasteiger partial charge in [0.25, 0.3) is 0 Å². The molecule has 2 fully saturated rings. The average molecular weight is 305 g/mol. The summed E-state index contributed by atoms with van der Waals surface area (Å²) in [6.07, 6.45) is 4.42. The van der Waals surface area contributed by atoms with Crippen LogP contribution in [0, 0.1) is 11.8 Å². The molecule has 2 aliphatic rings. The lowest BCUT2D eigenvalue weighted by Crippen LogP contribution is -2.36. The largest absolute Gasteiger partial charge is 0.481 e. The number of carbonyl (C=O) groups is 1. The summed E-state index contributed by atoms with van der Waals surface area (Å²) in [4.78, 5) is 10.8. The van der Waals surface area contributed by atoms with Crippen LogP contribution in [0.25, 0.3) is 0 Å². The molecule has 1 aliphatic heterocycles. The van der Waals surface area contributed by atoms with E-state index in [4.69, 9.17) is 9.84 Å². The minimum Gasteiger partial charge on any atom is -0.481 e. The first-order chi connectivity index (χ1) is 9.46. The van der Waals surface area contributed by atoms with E-state index in [9.17, 15) is 13.2 Å². The molecule has 1 unspecified atom stereocenters. The molecule has 6 nitrogen and oxygen atoms in total. The first-order valence-electron chi connectivity index (χ1n) is 7.28. The molecule has 2 N–H and O–H groups in total. The molecule has 1 saturated heterocycles. The van der Waals surface area contributed by atoms with E-state index in [2.05, 4.69) is 4.72 Å². The number of hydrogen-bond acceptors (Lipinski definition) is 4. The molecule has 1 saturated carbocycles. The van der Waals surface area contributed by atoms with Crippen molar-refractivity contribution < 1.29 is 23.1 Å². The maximum absolute atomic E-state index is 11.9. The summed E-state index contributed by atoms with van der Waals surface area (Å²) < 4.78 is 31.8. The maximum Gasteiger partial charge on any atom is 0.306 e. The molecule has 0 spiro atoms. The number of nitrogens with one attached hydrogen (secondary N) is 1. The van der Waals surface area contributed by atoms with Crippen molar-refractivity contribution in [2.75, 3.05) is 18.9 Å².